The number of hydrogen-bond donors (Lipinski definition) is 3. The average molecular weight is 2180 g/mol. The SMILES string of the molecule is Brc1ccc(N(c2ccccc2)c2ccccc2)cc1.CC(=O)O.CC(=O)O.CC(C)(C)P(c1ccccc1-c1ccccc1)C(C)(C)C.CCCCCCCCS(=O)(=O)c1cc(-c2ccc(N(c3ccccc3)c3ccccc3)cc2)sc1-c1ccc(N(c2ccccc2)c2ccccc2)cc1.CCCCCCCCS(=O)(=O)c1ccsc1.O=COO.[Cs].[Cs].[Pd]. The second-order valence-electron chi connectivity index (χ2n) is 30.8. The summed E-state index contributed by atoms with van der Waals surface area (Å²) >= 11 is 6.48. The van der Waals surface area contributed by atoms with Crippen LogP contribution in [0.1, 0.15) is 146 Å². The Kier molecular flexibility index (Phi) is 53.8. The van der Waals surface area contributed by atoms with Gasteiger partial charge in [0.15, 0.2) is 19.7 Å². The van der Waals surface area contributed by atoms with Gasteiger partial charge >= 0.3 is 6.47 Å². The summed E-state index contributed by atoms with van der Waals surface area (Å²) < 4.78 is 53.0. The van der Waals surface area contributed by atoms with Crippen molar-refractivity contribution in [3.63, 3.8) is 0 Å². The second kappa shape index (κ2) is 60.3. The van der Waals surface area contributed by atoms with Gasteiger partial charge in [0.1, 0.15) is 0 Å². The zero-order valence-electron chi connectivity index (χ0n) is 74.5. The number of carbonyl (C=O) groups excluding carboxylic acids is 1. The molecular formula is C103H117BrCs2N3O11PPdS4. The van der Waals surface area contributed by atoms with Crippen molar-refractivity contribution in [3.8, 4) is 32.0 Å². The molecule has 0 atom stereocenters. The summed E-state index contributed by atoms with van der Waals surface area (Å²) in [6.45, 7) is 20.8. The smallest absolute Gasteiger partial charge is 0.330 e. The Morgan fingerprint density at radius 1 is 0.413 bits per heavy atom. The molecule has 23 heteroatoms. The van der Waals surface area contributed by atoms with Gasteiger partial charge in [-0.25, -0.2) is 22.1 Å². The fourth-order valence-corrected chi connectivity index (χ4v) is 23.9. The van der Waals surface area contributed by atoms with E-state index >= 15 is 0 Å². The Morgan fingerprint density at radius 3 is 1.03 bits per heavy atom. The molecule has 2 aromatic heterocycles. The molecule has 2 heterocycles. The van der Waals surface area contributed by atoms with E-state index in [2.05, 4.69) is 315 Å². The summed E-state index contributed by atoms with van der Waals surface area (Å²) in [6.07, 6.45) is 12.9. The van der Waals surface area contributed by atoms with Crippen LogP contribution in [-0.4, -0.2) is 210 Å². The predicted molar refractivity (Wildman–Crippen MR) is 534 cm³/mol. The predicted octanol–water partition coefficient (Wildman–Crippen LogP) is 29.1. The number of carboxylic acid groups (broad SMARTS) is 2. The number of thiophene rings is 2. The van der Waals surface area contributed by atoms with E-state index in [9.17, 15) is 16.8 Å². The Bertz CT molecular complexity index is 5270. The Balaban J connectivity index is 0.000000379. The van der Waals surface area contributed by atoms with Gasteiger partial charge in [-0.2, -0.15) is 11.3 Å². The molecule has 0 saturated carbocycles. The summed E-state index contributed by atoms with van der Waals surface area (Å²) in [5, 5.41) is 27.5. The number of carboxylic acids is 2. The van der Waals surface area contributed by atoms with Crippen LogP contribution in [0.15, 0.2) is 347 Å². The van der Waals surface area contributed by atoms with Crippen LogP contribution < -0.4 is 20.0 Å². The normalized spacial score (nSPS) is 10.7. The summed E-state index contributed by atoms with van der Waals surface area (Å²) in [6, 6.07) is 111. The molecule has 14 nitrogen and oxygen atoms in total. The zero-order valence-corrected chi connectivity index (χ0v) is 94.3. The number of sulfone groups is 2. The van der Waals surface area contributed by atoms with E-state index in [1.54, 1.807) is 22.8 Å². The molecule has 0 aliphatic carbocycles. The maximum absolute atomic E-state index is 14.2. The molecule has 0 unspecified atom stereocenters. The number of benzene rings is 11. The van der Waals surface area contributed by atoms with Gasteiger partial charge in [-0.3, -0.25) is 14.4 Å². The average Bonchev–Trinajstić information content (AvgIpc) is 1.55. The van der Waals surface area contributed by atoms with Gasteiger partial charge in [0.25, 0.3) is 11.9 Å². The molecule has 0 spiro atoms. The van der Waals surface area contributed by atoms with Gasteiger partial charge in [0.05, 0.1) is 26.2 Å². The molecule has 11 aromatic carbocycles. The van der Waals surface area contributed by atoms with Crippen molar-refractivity contribution in [2.75, 3.05) is 26.2 Å². The number of rotatable bonds is 30. The third-order valence-electron chi connectivity index (χ3n) is 19.0. The molecule has 2 radical (unpaired) electrons. The fraction of sp³-hybridized carbons (Fsp3) is 0.252. The Morgan fingerprint density at radius 2 is 0.706 bits per heavy atom. The molecule has 0 bridgehead atoms. The van der Waals surface area contributed by atoms with Crippen LogP contribution in [0, 0.1) is 0 Å². The van der Waals surface area contributed by atoms with Gasteiger partial charge in [-0.05, 0) is 190 Å². The molecule has 0 fully saturated rings. The van der Waals surface area contributed by atoms with Crippen molar-refractivity contribution in [2.45, 2.75) is 166 Å². The molecular weight excluding hydrogens is 2070 g/mol. The van der Waals surface area contributed by atoms with Crippen LogP contribution in [0.2, 0.25) is 0 Å². The summed E-state index contributed by atoms with van der Waals surface area (Å²) in [4.78, 5) is 38.9. The topological polar surface area (TPSA) is 199 Å². The number of unbranched alkanes of at least 4 members (excludes halogenated alkanes) is 10. The summed E-state index contributed by atoms with van der Waals surface area (Å²) in [5.41, 5.74) is 14.3. The number of halogens is 1. The molecule has 126 heavy (non-hydrogen) atoms. The molecule has 658 valence electrons. The van der Waals surface area contributed by atoms with E-state index in [4.69, 9.17) is 29.9 Å². The molecule has 3 N–H and O–H groups in total. The zero-order chi connectivity index (χ0) is 89.1. The van der Waals surface area contributed by atoms with Crippen LogP contribution in [0.4, 0.5) is 51.2 Å². The van der Waals surface area contributed by atoms with E-state index in [1.165, 1.54) is 59.9 Å². The third-order valence-corrected chi connectivity index (χ3v) is 28.9. The maximum Gasteiger partial charge on any atom is 0.330 e. The molecule has 0 aliphatic heterocycles. The minimum absolute atomic E-state index is 0. The monoisotopic (exact) mass is 2180 g/mol. The minimum atomic E-state index is -3.53. The molecule has 13 rings (SSSR count). The first kappa shape index (κ1) is 112. The van der Waals surface area contributed by atoms with Crippen LogP contribution in [0.25, 0.3) is 32.0 Å². The molecule has 0 aliphatic rings. The third kappa shape index (κ3) is 38.5. The summed E-state index contributed by atoms with van der Waals surface area (Å²) in [5.74, 6) is -1.21. The number of nitrogens with zero attached hydrogens (tertiary/aromatic N) is 3. The van der Waals surface area contributed by atoms with Crippen molar-refractivity contribution in [2.24, 2.45) is 0 Å². The van der Waals surface area contributed by atoms with Crippen LogP contribution in [-0.2, 0) is 59.4 Å². The maximum atomic E-state index is 14.2. The van der Waals surface area contributed by atoms with E-state index in [1.807, 2.05) is 96.4 Å². The number of aliphatic carboxylic acids is 2. The molecule has 0 saturated heterocycles. The first-order chi connectivity index (χ1) is 59.1. The van der Waals surface area contributed by atoms with Gasteiger partial charge in [-0.1, -0.05) is 332 Å². The largest absolute Gasteiger partial charge is 0.481 e. The van der Waals surface area contributed by atoms with Crippen LogP contribution >= 0.6 is 46.5 Å². The van der Waals surface area contributed by atoms with Gasteiger partial charge in [0, 0.05) is 238 Å². The van der Waals surface area contributed by atoms with Crippen molar-refractivity contribution >= 4 is 279 Å². The van der Waals surface area contributed by atoms with Crippen molar-refractivity contribution < 1.29 is 72.0 Å². The number of anilines is 9. The first-order valence-electron chi connectivity index (χ1n) is 41.5. The van der Waals surface area contributed by atoms with Crippen LogP contribution in [0.5, 0.6) is 0 Å². The van der Waals surface area contributed by atoms with Crippen molar-refractivity contribution in [1.29, 1.82) is 0 Å². The number of carbonyl (C=O) groups is 3. The standard InChI is InChI=1S/C48H46N2O2S2.C20H27P.C18H14BrN.C12H20O2S2.2C2H4O2.CH2O3.2Cs.Pd/c1-2-3-4-5-6-19-36-54(51,52)47-37-46(38-28-32-44(33-29-38)49(40-20-11-7-12-21-40)41-22-13-8-14-23-41)53-48(47)39-30-34-45(35-31-39)50(42-24-15-9-16-25-42)43-26-17-10-18-27-43;1-19(2,3)21(20(4,5)6)18-15-11-10-14-17(18)16-12-8-7-9-13-16;19-15-11-13-18(14-12-15)20(16-7-3-1-4-8-16)17-9-5-2-6-10-17;1-2-3-4-5-6-7-10-16(13,14)12-8-9-15-11-12;2*1-2(3)4;2-1-4-3;;;/h7-18,20-35,37H,2-6,19,36H2,1H3;7-15H,1-6H3;1-14H;8-9,11H,2-7,10H2,1H3;2*1H3,(H,3,4);1,3H;;;. The Labute approximate surface area is 898 Å². The molecule has 13 aromatic rings. The summed E-state index contributed by atoms with van der Waals surface area (Å²) in [7, 11) is -6.81. The Hall–Kier alpha value is -5.83. The van der Waals surface area contributed by atoms with Gasteiger partial charge < -0.3 is 29.8 Å². The van der Waals surface area contributed by atoms with Crippen molar-refractivity contribution in [3.05, 3.63) is 337 Å². The van der Waals surface area contributed by atoms with Crippen molar-refractivity contribution in [1.82, 2.24) is 0 Å². The fourth-order valence-electron chi connectivity index (χ4n) is 13.9. The second-order valence-corrected chi connectivity index (χ2v) is 41.6. The number of para-hydroxylation sites is 6. The van der Waals surface area contributed by atoms with E-state index < -0.39 is 31.6 Å². The number of hydrogen-bond acceptors (Lipinski definition) is 14. The minimum Gasteiger partial charge on any atom is -0.481 e. The molecule has 0 amide bonds. The van der Waals surface area contributed by atoms with E-state index in [-0.39, 0.29) is 178 Å². The van der Waals surface area contributed by atoms with Crippen LogP contribution in [0.3, 0.4) is 0 Å². The van der Waals surface area contributed by atoms with E-state index in [0.29, 0.717) is 32.3 Å². The van der Waals surface area contributed by atoms with Gasteiger partial charge in [-0.15, -0.1) is 11.3 Å². The van der Waals surface area contributed by atoms with E-state index in [0.717, 1.165) is 129 Å². The van der Waals surface area contributed by atoms with Gasteiger partial charge in [0.2, 0.25) is 0 Å². The quantitative estimate of drug-likeness (QED) is 0.00959. The first-order valence-corrected chi connectivity index (χ1v) is 48.7.